The zero-order chi connectivity index (χ0) is 9.84. The Hall–Kier alpha value is -0.930. The van der Waals surface area contributed by atoms with E-state index in [-0.39, 0.29) is 5.82 Å². The molecule has 0 fully saturated rings. The average molecular weight is 182 g/mol. The van der Waals surface area contributed by atoms with Gasteiger partial charge in [0.15, 0.2) is 0 Å². The van der Waals surface area contributed by atoms with Crippen molar-refractivity contribution in [1.82, 2.24) is 10.4 Å². The second-order valence-corrected chi connectivity index (χ2v) is 3.32. The van der Waals surface area contributed by atoms with Crippen LogP contribution in [0.2, 0.25) is 0 Å². The summed E-state index contributed by atoms with van der Waals surface area (Å²) in [4.78, 5) is 0. The van der Waals surface area contributed by atoms with E-state index in [1.807, 2.05) is 32.1 Å². The van der Waals surface area contributed by atoms with Crippen LogP contribution in [-0.2, 0) is 6.54 Å². The van der Waals surface area contributed by atoms with Gasteiger partial charge in [0, 0.05) is 26.2 Å². The highest BCUT2D eigenvalue weighted by Gasteiger charge is 2.01. The highest BCUT2D eigenvalue weighted by molar-refractivity contribution is 5.23. The summed E-state index contributed by atoms with van der Waals surface area (Å²) < 4.78 is 13.2. The maximum absolute atomic E-state index is 13.2. The number of hydrogen-bond acceptors (Lipinski definition) is 2. The van der Waals surface area contributed by atoms with Gasteiger partial charge in [-0.25, -0.2) is 4.39 Å². The molecule has 0 aliphatic rings. The van der Waals surface area contributed by atoms with Crippen LogP contribution in [0.15, 0.2) is 18.2 Å². The van der Waals surface area contributed by atoms with E-state index in [1.54, 1.807) is 6.07 Å². The minimum Gasteiger partial charge on any atom is -0.251 e. The van der Waals surface area contributed by atoms with Crippen LogP contribution in [-0.4, -0.2) is 19.1 Å². The first-order valence-corrected chi connectivity index (χ1v) is 4.25. The monoisotopic (exact) mass is 182 g/mol. The maximum atomic E-state index is 13.2. The van der Waals surface area contributed by atoms with Crippen LogP contribution < -0.4 is 5.43 Å². The van der Waals surface area contributed by atoms with Crippen LogP contribution in [0, 0.1) is 12.7 Å². The predicted molar refractivity (Wildman–Crippen MR) is 51.7 cm³/mol. The summed E-state index contributed by atoms with van der Waals surface area (Å²) in [5, 5.41) is 1.81. The molecule has 1 aromatic rings. The third-order valence-electron chi connectivity index (χ3n) is 1.79. The summed E-state index contributed by atoms with van der Waals surface area (Å²) in [7, 11) is 3.77. The van der Waals surface area contributed by atoms with Gasteiger partial charge in [-0.2, -0.15) is 0 Å². The number of nitrogens with zero attached hydrogens (tertiary/aromatic N) is 1. The molecule has 13 heavy (non-hydrogen) atoms. The molecule has 0 unspecified atom stereocenters. The normalized spacial score (nSPS) is 10.8. The molecule has 0 aliphatic carbocycles. The summed E-state index contributed by atoms with van der Waals surface area (Å²) >= 11 is 0. The van der Waals surface area contributed by atoms with Gasteiger partial charge in [0.1, 0.15) is 5.82 Å². The molecular formula is C10H15FN2. The summed E-state index contributed by atoms with van der Waals surface area (Å²) in [5.41, 5.74) is 4.81. The van der Waals surface area contributed by atoms with Crippen molar-refractivity contribution in [3.05, 3.63) is 35.1 Å². The fraction of sp³-hybridized carbons (Fsp3) is 0.400. The molecule has 0 saturated heterocycles. The number of benzene rings is 1. The lowest BCUT2D eigenvalue weighted by atomic mass is 10.1. The second kappa shape index (κ2) is 4.35. The lowest BCUT2D eigenvalue weighted by Gasteiger charge is -2.12. The van der Waals surface area contributed by atoms with Crippen LogP contribution in [0.4, 0.5) is 4.39 Å². The lowest BCUT2D eigenvalue weighted by Crippen LogP contribution is -2.29. The smallest absolute Gasteiger partial charge is 0.127 e. The van der Waals surface area contributed by atoms with Gasteiger partial charge < -0.3 is 0 Å². The molecule has 0 saturated carbocycles. The van der Waals surface area contributed by atoms with Gasteiger partial charge in [-0.05, 0) is 13.0 Å². The second-order valence-electron chi connectivity index (χ2n) is 3.32. The quantitative estimate of drug-likeness (QED) is 0.716. The molecule has 0 aromatic heterocycles. The van der Waals surface area contributed by atoms with Gasteiger partial charge in [-0.1, -0.05) is 17.7 Å². The molecule has 0 amide bonds. The molecule has 3 heteroatoms. The van der Waals surface area contributed by atoms with E-state index in [4.69, 9.17) is 0 Å². The lowest BCUT2D eigenvalue weighted by molar-refractivity contribution is 0.283. The van der Waals surface area contributed by atoms with Crippen molar-refractivity contribution in [2.24, 2.45) is 0 Å². The Kier molecular flexibility index (Phi) is 3.39. The Morgan fingerprint density at radius 3 is 2.69 bits per heavy atom. The van der Waals surface area contributed by atoms with Crippen molar-refractivity contribution in [2.75, 3.05) is 14.1 Å². The molecule has 0 atom stereocenters. The van der Waals surface area contributed by atoms with E-state index < -0.39 is 0 Å². The van der Waals surface area contributed by atoms with Crippen molar-refractivity contribution >= 4 is 0 Å². The van der Waals surface area contributed by atoms with E-state index >= 15 is 0 Å². The first-order valence-electron chi connectivity index (χ1n) is 4.25. The number of halogens is 1. The van der Waals surface area contributed by atoms with Crippen molar-refractivity contribution in [1.29, 1.82) is 0 Å². The number of aryl methyl sites for hydroxylation is 1. The van der Waals surface area contributed by atoms with Gasteiger partial charge in [0.2, 0.25) is 0 Å². The Balaban J connectivity index is 2.70. The van der Waals surface area contributed by atoms with Crippen molar-refractivity contribution in [3.8, 4) is 0 Å². The van der Waals surface area contributed by atoms with E-state index in [2.05, 4.69) is 5.43 Å². The number of hydrazine groups is 1. The fourth-order valence-electron chi connectivity index (χ4n) is 1.08. The zero-order valence-corrected chi connectivity index (χ0v) is 8.26. The van der Waals surface area contributed by atoms with E-state index in [9.17, 15) is 4.39 Å². The molecule has 0 bridgehead atoms. The summed E-state index contributed by atoms with van der Waals surface area (Å²) in [6.45, 7) is 2.49. The van der Waals surface area contributed by atoms with Crippen molar-refractivity contribution in [2.45, 2.75) is 13.5 Å². The molecule has 0 spiro atoms. The summed E-state index contributed by atoms with van der Waals surface area (Å²) in [5.74, 6) is -0.153. The molecule has 72 valence electrons. The first-order chi connectivity index (χ1) is 6.09. The predicted octanol–water partition coefficient (Wildman–Crippen LogP) is 1.70. The Morgan fingerprint density at radius 1 is 1.38 bits per heavy atom. The van der Waals surface area contributed by atoms with Gasteiger partial charge in [0.05, 0.1) is 0 Å². The molecular weight excluding hydrogens is 167 g/mol. The molecule has 0 radical (unpaired) electrons. The first kappa shape index (κ1) is 10.2. The summed E-state index contributed by atoms with van der Waals surface area (Å²) in [6.07, 6.45) is 0. The molecule has 0 heterocycles. The van der Waals surface area contributed by atoms with Gasteiger partial charge in [0.25, 0.3) is 0 Å². The van der Waals surface area contributed by atoms with E-state index in [1.165, 1.54) is 6.07 Å². The molecule has 1 N–H and O–H groups in total. The Labute approximate surface area is 78.3 Å². The maximum Gasteiger partial charge on any atom is 0.127 e. The minimum absolute atomic E-state index is 0.153. The van der Waals surface area contributed by atoms with Crippen molar-refractivity contribution in [3.63, 3.8) is 0 Å². The van der Waals surface area contributed by atoms with Crippen LogP contribution in [0.25, 0.3) is 0 Å². The zero-order valence-electron chi connectivity index (χ0n) is 8.26. The van der Waals surface area contributed by atoms with Gasteiger partial charge in [-0.15, -0.1) is 0 Å². The third-order valence-corrected chi connectivity index (χ3v) is 1.79. The fourth-order valence-corrected chi connectivity index (χ4v) is 1.08. The highest BCUT2D eigenvalue weighted by Crippen LogP contribution is 2.09. The number of rotatable bonds is 3. The SMILES string of the molecule is Cc1ccc(F)c(CNN(C)C)c1. The molecule has 1 aromatic carbocycles. The Morgan fingerprint density at radius 2 is 2.08 bits per heavy atom. The third kappa shape index (κ3) is 3.13. The molecule has 1 rings (SSSR count). The molecule has 0 aliphatic heterocycles. The Bertz CT molecular complexity index is 284. The summed E-state index contributed by atoms with van der Waals surface area (Å²) in [6, 6.07) is 5.13. The van der Waals surface area contributed by atoms with Gasteiger partial charge in [-0.3, -0.25) is 10.4 Å². The standard InChI is InChI=1S/C10H15FN2/c1-8-4-5-10(11)9(6-8)7-12-13(2)3/h4-6,12H,7H2,1-3H3. The van der Waals surface area contributed by atoms with E-state index in [0.29, 0.717) is 12.1 Å². The van der Waals surface area contributed by atoms with Crippen LogP contribution in [0.3, 0.4) is 0 Å². The van der Waals surface area contributed by atoms with Crippen LogP contribution in [0.1, 0.15) is 11.1 Å². The van der Waals surface area contributed by atoms with Crippen LogP contribution >= 0.6 is 0 Å². The van der Waals surface area contributed by atoms with Crippen LogP contribution in [0.5, 0.6) is 0 Å². The average Bonchev–Trinajstić information content (AvgIpc) is 2.06. The molecule has 2 nitrogen and oxygen atoms in total. The topological polar surface area (TPSA) is 15.3 Å². The number of hydrogen-bond donors (Lipinski definition) is 1. The minimum atomic E-state index is -0.153. The van der Waals surface area contributed by atoms with Crippen molar-refractivity contribution < 1.29 is 4.39 Å². The highest BCUT2D eigenvalue weighted by atomic mass is 19.1. The van der Waals surface area contributed by atoms with Gasteiger partial charge >= 0.3 is 0 Å². The largest absolute Gasteiger partial charge is 0.251 e. The van der Waals surface area contributed by atoms with E-state index in [0.717, 1.165) is 5.56 Å². The number of nitrogens with one attached hydrogen (secondary N) is 1.